The van der Waals surface area contributed by atoms with Crippen LogP contribution in [0.3, 0.4) is 0 Å². The smallest absolute Gasteiger partial charge is 0.00148 e. The van der Waals surface area contributed by atoms with E-state index >= 15 is 0 Å². The first-order valence-electron chi connectivity index (χ1n) is 17.9. The molecule has 1 heteroatoms. The molecule has 0 aliphatic rings. The molecule has 0 aliphatic heterocycles. The Balaban J connectivity index is 1.17. The van der Waals surface area contributed by atoms with Gasteiger partial charge in [-0.25, -0.2) is 0 Å². The van der Waals surface area contributed by atoms with E-state index in [0.29, 0.717) is 0 Å². The summed E-state index contributed by atoms with van der Waals surface area (Å²) < 4.78 is 0. The molecule has 52 heavy (non-hydrogen) atoms. The lowest BCUT2D eigenvalue weighted by Crippen LogP contribution is -2.02. The zero-order valence-electron chi connectivity index (χ0n) is 29.0. The van der Waals surface area contributed by atoms with Crippen LogP contribution in [-0.4, -0.2) is 6.26 Å². The van der Waals surface area contributed by atoms with E-state index in [4.69, 9.17) is 0 Å². The molecule has 0 heterocycles. The molecule has 246 valence electrons. The molecule has 10 aromatic carbocycles. The topological polar surface area (TPSA) is 0 Å². The Kier molecular flexibility index (Phi) is 7.23. The van der Waals surface area contributed by atoms with Crippen molar-refractivity contribution in [2.24, 2.45) is 0 Å². The van der Waals surface area contributed by atoms with Crippen LogP contribution in [0.2, 0.25) is 0 Å². The average molecular weight is 681 g/mol. The summed E-state index contributed by atoms with van der Waals surface area (Å²) in [5.74, 6) is 0. The first-order valence-corrected chi connectivity index (χ1v) is 20.0. The molecule has 0 amide bonds. The van der Waals surface area contributed by atoms with Crippen LogP contribution >= 0.6 is 10.0 Å². The SMILES string of the molecule is CS(c1ccc(-c2c3ccccc3c(-c3ccc4ccccc4c3)c3ccccc23)cc1)(c1ccc2ccccc2c1)c1ccc2ccccc2c1. The van der Waals surface area contributed by atoms with E-state index in [9.17, 15) is 0 Å². The van der Waals surface area contributed by atoms with Gasteiger partial charge in [-0.15, -0.1) is 0 Å². The van der Waals surface area contributed by atoms with Gasteiger partial charge in [0.2, 0.25) is 0 Å². The van der Waals surface area contributed by atoms with Gasteiger partial charge in [-0.2, -0.15) is 10.0 Å². The van der Waals surface area contributed by atoms with Crippen LogP contribution in [0.5, 0.6) is 0 Å². The maximum absolute atomic E-state index is 2.47. The van der Waals surface area contributed by atoms with Crippen LogP contribution in [-0.2, 0) is 0 Å². The third-order valence-corrected chi connectivity index (χ3v) is 14.6. The van der Waals surface area contributed by atoms with Crippen LogP contribution in [0.4, 0.5) is 0 Å². The molecule has 0 aliphatic carbocycles. The molecule has 0 nitrogen and oxygen atoms in total. The molecule has 10 aromatic rings. The number of rotatable bonds is 5. The van der Waals surface area contributed by atoms with Crippen molar-refractivity contribution in [3.05, 3.63) is 200 Å². The van der Waals surface area contributed by atoms with Gasteiger partial charge in [0.05, 0.1) is 0 Å². The Bertz CT molecular complexity index is 2840. The van der Waals surface area contributed by atoms with Crippen molar-refractivity contribution >= 4 is 63.9 Å². The molecule has 0 fully saturated rings. The Hall–Kier alpha value is -6.15. The summed E-state index contributed by atoms with van der Waals surface area (Å²) in [5, 5.41) is 12.7. The molecule has 0 radical (unpaired) electrons. The number of fused-ring (bicyclic) bond motifs is 5. The van der Waals surface area contributed by atoms with Gasteiger partial charge in [0.25, 0.3) is 0 Å². The summed E-state index contributed by atoms with van der Waals surface area (Å²) in [5.41, 5.74) is 5.07. The minimum atomic E-state index is -1.60. The molecule has 0 atom stereocenters. The van der Waals surface area contributed by atoms with E-state index in [1.807, 2.05) is 0 Å². The van der Waals surface area contributed by atoms with E-state index in [1.165, 1.54) is 90.8 Å². The highest BCUT2D eigenvalue weighted by Crippen LogP contribution is 2.66. The van der Waals surface area contributed by atoms with Crippen molar-refractivity contribution < 1.29 is 0 Å². The standard InChI is InChI=1S/C51H36S/c1-52(44-30-24-36-13-3-6-16-40(36)33-44,45-31-25-37-14-4-7-17-41(37)34-45)43-28-26-38(27-29-43)50-46-18-8-10-20-48(46)51(49-21-11-9-19-47(49)50)42-23-22-35-12-2-5-15-39(35)32-42/h2-34H,1H3. The molecule has 0 aromatic heterocycles. The zero-order chi connectivity index (χ0) is 34.6. The van der Waals surface area contributed by atoms with E-state index in [0.717, 1.165) is 0 Å². The van der Waals surface area contributed by atoms with Crippen LogP contribution in [0.25, 0.3) is 76.1 Å². The second kappa shape index (κ2) is 12.3. The number of benzene rings is 10. The molecule has 0 spiro atoms. The minimum absolute atomic E-state index is 1.24. The van der Waals surface area contributed by atoms with Gasteiger partial charge >= 0.3 is 0 Å². The molecule has 0 bridgehead atoms. The summed E-state index contributed by atoms with van der Waals surface area (Å²) >= 11 is 0. The van der Waals surface area contributed by atoms with Gasteiger partial charge < -0.3 is 0 Å². The van der Waals surface area contributed by atoms with E-state index in [2.05, 4.69) is 206 Å². The highest BCUT2D eigenvalue weighted by Gasteiger charge is 2.27. The van der Waals surface area contributed by atoms with Crippen LogP contribution < -0.4 is 0 Å². The van der Waals surface area contributed by atoms with Gasteiger partial charge in [-0.3, -0.25) is 0 Å². The fraction of sp³-hybridized carbons (Fsp3) is 0.0196. The molecular formula is C51H36S. The van der Waals surface area contributed by atoms with Crippen molar-refractivity contribution in [3.63, 3.8) is 0 Å². The van der Waals surface area contributed by atoms with Gasteiger partial charge in [0.1, 0.15) is 0 Å². The summed E-state index contributed by atoms with van der Waals surface area (Å²) in [4.78, 5) is 4.08. The maximum atomic E-state index is 2.47. The first-order chi connectivity index (χ1) is 25.6. The van der Waals surface area contributed by atoms with E-state index < -0.39 is 10.0 Å². The number of hydrogen-bond donors (Lipinski definition) is 0. The maximum Gasteiger partial charge on any atom is -0.00148 e. The summed E-state index contributed by atoms with van der Waals surface area (Å²) in [6.07, 6.45) is 2.47. The predicted molar refractivity (Wildman–Crippen MR) is 226 cm³/mol. The average Bonchev–Trinajstić information content (AvgIpc) is 3.22. The number of hydrogen-bond acceptors (Lipinski definition) is 0. The van der Waals surface area contributed by atoms with Gasteiger partial charge in [0.15, 0.2) is 0 Å². The quantitative estimate of drug-likeness (QED) is 0.159. The summed E-state index contributed by atoms with van der Waals surface area (Å²) in [7, 11) is -1.60. The van der Waals surface area contributed by atoms with Crippen LogP contribution in [0.1, 0.15) is 0 Å². The van der Waals surface area contributed by atoms with Crippen LogP contribution in [0.15, 0.2) is 215 Å². The molecular weight excluding hydrogens is 645 g/mol. The molecule has 0 saturated heterocycles. The Morgan fingerprint density at radius 1 is 0.269 bits per heavy atom. The molecule has 10 rings (SSSR count). The van der Waals surface area contributed by atoms with Crippen molar-refractivity contribution in [1.29, 1.82) is 0 Å². The van der Waals surface area contributed by atoms with Crippen LogP contribution in [0, 0.1) is 0 Å². The van der Waals surface area contributed by atoms with E-state index in [-0.39, 0.29) is 0 Å². The fourth-order valence-corrected chi connectivity index (χ4v) is 11.1. The molecule has 0 saturated carbocycles. The predicted octanol–water partition coefficient (Wildman–Crippen LogP) is 14.7. The Labute approximate surface area is 305 Å². The minimum Gasteiger partial charge on any atom is -0.163 e. The van der Waals surface area contributed by atoms with Crippen molar-refractivity contribution in [1.82, 2.24) is 0 Å². The fourth-order valence-electron chi connectivity index (χ4n) is 8.24. The highest BCUT2D eigenvalue weighted by molar-refractivity contribution is 8.33. The summed E-state index contributed by atoms with van der Waals surface area (Å²) in [6, 6.07) is 74.5. The normalized spacial score (nSPS) is 12.2. The summed E-state index contributed by atoms with van der Waals surface area (Å²) in [6.45, 7) is 0. The van der Waals surface area contributed by atoms with Gasteiger partial charge in [-0.05, 0) is 140 Å². The third-order valence-electron chi connectivity index (χ3n) is 11.0. The monoisotopic (exact) mass is 680 g/mol. The van der Waals surface area contributed by atoms with Crippen molar-refractivity contribution in [3.8, 4) is 22.3 Å². The lowest BCUT2D eigenvalue weighted by molar-refractivity contribution is 1.31. The molecule has 0 unspecified atom stereocenters. The van der Waals surface area contributed by atoms with Gasteiger partial charge in [-0.1, -0.05) is 158 Å². The third kappa shape index (κ3) is 4.93. The lowest BCUT2D eigenvalue weighted by Gasteiger charge is -2.38. The van der Waals surface area contributed by atoms with Crippen molar-refractivity contribution in [2.45, 2.75) is 14.7 Å². The second-order valence-electron chi connectivity index (χ2n) is 13.9. The van der Waals surface area contributed by atoms with Crippen molar-refractivity contribution in [2.75, 3.05) is 6.26 Å². The zero-order valence-corrected chi connectivity index (χ0v) is 29.8. The Morgan fingerprint density at radius 3 is 1.06 bits per heavy atom. The largest absolute Gasteiger partial charge is 0.163 e. The highest BCUT2D eigenvalue weighted by atomic mass is 32.3. The molecule has 0 N–H and O–H groups in total. The van der Waals surface area contributed by atoms with Gasteiger partial charge in [0, 0.05) is 0 Å². The first kappa shape index (κ1) is 30.7. The lowest BCUT2D eigenvalue weighted by atomic mass is 9.85. The second-order valence-corrected chi connectivity index (χ2v) is 17.1. The Morgan fingerprint density at radius 2 is 0.596 bits per heavy atom. The van der Waals surface area contributed by atoms with E-state index in [1.54, 1.807) is 0 Å².